The molecule has 0 atom stereocenters. The van der Waals surface area contributed by atoms with Crippen LogP contribution in [0.4, 0.5) is 13.2 Å². The van der Waals surface area contributed by atoms with E-state index in [1.54, 1.807) is 0 Å². The van der Waals surface area contributed by atoms with E-state index < -0.39 is 12.1 Å². The van der Waals surface area contributed by atoms with Gasteiger partial charge in [0.2, 0.25) is 0 Å². The quantitative estimate of drug-likeness (QED) is 0.632. The summed E-state index contributed by atoms with van der Waals surface area (Å²) in [6.07, 6.45) is -3.44. The second kappa shape index (κ2) is 7.45. The topological polar surface area (TPSA) is 58.4 Å². The molecule has 96 valence electrons. The summed E-state index contributed by atoms with van der Waals surface area (Å²) in [5, 5.41) is 1.82. The maximum Gasteiger partial charge on any atom is 0.471 e. The van der Waals surface area contributed by atoms with Crippen molar-refractivity contribution in [2.24, 2.45) is 5.73 Å². The first-order valence-electron chi connectivity index (χ1n) is 5.11. The SMILES string of the molecule is CN(CCCN)CCCNC(=O)C(F)(F)F. The molecule has 0 bridgehead atoms. The Bertz CT molecular complexity index is 209. The number of amides is 1. The van der Waals surface area contributed by atoms with E-state index in [4.69, 9.17) is 5.73 Å². The third-order valence-corrected chi connectivity index (χ3v) is 2.00. The Labute approximate surface area is 93.0 Å². The first kappa shape index (κ1) is 15.2. The Morgan fingerprint density at radius 1 is 1.31 bits per heavy atom. The van der Waals surface area contributed by atoms with E-state index >= 15 is 0 Å². The van der Waals surface area contributed by atoms with Crippen molar-refractivity contribution in [1.82, 2.24) is 10.2 Å². The summed E-state index contributed by atoms with van der Waals surface area (Å²) in [6, 6.07) is 0. The van der Waals surface area contributed by atoms with E-state index in [9.17, 15) is 18.0 Å². The summed E-state index contributed by atoms with van der Waals surface area (Å²) in [7, 11) is 1.86. The lowest BCUT2D eigenvalue weighted by molar-refractivity contribution is -0.173. The van der Waals surface area contributed by atoms with Gasteiger partial charge in [0.1, 0.15) is 0 Å². The zero-order chi connectivity index (χ0) is 12.6. The van der Waals surface area contributed by atoms with Gasteiger partial charge in [-0.15, -0.1) is 0 Å². The van der Waals surface area contributed by atoms with Crippen LogP contribution in [-0.4, -0.2) is 50.2 Å². The molecular weight excluding hydrogens is 223 g/mol. The molecule has 0 rings (SSSR count). The highest BCUT2D eigenvalue weighted by molar-refractivity contribution is 5.81. The van der Waals surface area contributed by atoms with Crippen LogP contribution in [0.25, 0.3) is 0 Å². The average Bonchev–Trinajstić information content (AvgIpc) is 2.19. The van der Waals surface area contributed by atoms with Crippen molar-refractivity contribution in [3.63, 3.8) is 0 Å². The van der Waals surface area contributed by atoms with Crippen LogP contribution < -0.4 is 11.1 Å². The van der Waals surface area contributed by atoms with Gasteiger partial charge in [-0.2, -0.15) is 13.2 Å². The van der Waals surface area contributed by atoms with Gasteiger partial charge in [0.15, 0.2) is 0 Å². The molecule has 0 heterocycles. The normalized spacial score (nSPS) is 11.9. The second-order valence-corrected chi connectivity index (χ2v) is 3.55. The van der Waals surface area contributed by atoms with E-state index in [2.05, 4.69) is 0 Å². The summed E-state index contributed by atoms with van der Waals surface area (Å²) in [4.78, 5) is 12.4. The molecule has 3 N–H and O–H groups in total. The van der Waals surface area contributed by atoms with Crippen LogP contribution in [0.5, 0.6) is 0 Å². The number of carbonyl (C=O) groups excluding carboxylic acids is 1. The number of alkyl halides is 3. The highest BCUT2D eigenvalue weighted by Crippen LogP contribution is 2.13. The number of hydrogen-bond donors (Lipinski definition) is 2. The molecular formula is C9H18F3N3O. The van der Waals surface area contributed by atoms with Crippen molar-refractivity contribution in [2.45, 2.75) is 19.0 Å². The molecule has 7 heteroatoms. The van der Waals surface area contributed by atoms with Gasteiger partial charge in [0.25, 0.3) is 0 Å². The molecule has 4 nitrogen and oxygen atoms in total. The van der Waals surface area contributed by atoms with E-state index in [1.807, 2.05) is 17.3 Å². The summed E-state index contributed by atoms with van der Waals surface area (Å²) >= 11 is 0. The number of nitrogens with two attached hydrogens (primary N) is 1. The lowest BCUT2D eigenvalue weighted by atomic mass is 10.3. The van der Waals surface area contributed by atoms with Gasteiger partial charge in [-0.3, -0.25) is 4.79 Å². The largest absolute Gasteiger partial charge is 0.471 e. The number of rotatable bonds is 7. The average molecular weight is 241 g/mol. The molecule has 0 saturated carbocycles. The predicted octanol–water partition coefficient (Wildman–Crippen LogP) is 0.336. The fourth-order valence-corrected chi connectivity index (χ4v) is 1.12. The molecule has 16 heavy (non-hydrogen) atoms. The molecule has 0 aromatic rings. The van der Waals surface area contributed by atoms with Gasteiger partial charge >= 0.3 is 12.1 Å². The lowest BCUT2D eigenvalue weighted by Gasteiger charge is -2.16. The predicted molar refractivity (Wildman–Crippen MR) is 54.9 cm³/mol. The minimum Gasteiger partial charge on any atom is -0.348 e. The van der Waals surface area contributed by atoms with Crippen LogP contribution >= 0.6 is 0 Å². The Balaban J connectivity index is 3.50. The molecule has 1 amide bonds. The zero-order valence-electron chi connectivity index (χ0n) is 9.31. The van der Waals surface area contributed by atoms with E-state index in [0.717, 1.165) is 13.0 Å². The van der Waals surface area contributed by atoms with Crippen LogP contribution in [-0.2, 0) is 4.79 Å². The Morgan fingerprint density at radius 2 is 1.88 bits per heavy atom. The minimum absolute atomic E-state index is 0.0330. The highest BCUT2D eigenvalue weighted by atomic mass is 19.4. The Hall–Kier alpha value is -0.820. The summed E-state index contributed by atoms with van der Waals surface area (Å²) < 4.78 is 35.3. The van der Waals surface area contributed by atoms with Crippen LogP contribution in [0.2, 0.25) is 0 Å². The fourth-order valence-electron chi connectivity index (χ4n) is 1.12. The molecule has 0 aliphatic heterocycles. The van der Waals surface area contributed by atoms with Crippen LogP contribution in [0.1, 0.15) is 12.8 Å². The van der Waals surface area contributed by atoms with Gasteiger partial charge in [-0.1, -0.05) is 0 Å². The van der Waals surface area contributed by atoms with E-state index in [-0.39, 0.29) is 6.54 Å². The summed E-state index contributed by atoms with van der Waals surface area (Å²) in [5.74, 6) is -1.88. The van der Waals surface area contributed by atoms with Crippen molar-refractivity contribution in [3.05, 3.63) is 0 Å². The molecule has 0 unspecified atom stereocenters. The third kappa shape index (κ3) is 7.47. The molecule has 0 aromatic carbocycles. The molecule has 0 saturated heterocycles. The van der Waals surface area contributed by atoms with Crippen LogP contribution in [0.15, 0.2) is 0 Å². The van der Waals surface area contributed by atoms with Crippen molar-refractivity contribution in [1.29, 1.82) is 0 Å². The molecule has 0 fully saturated rings. The number of hydrogen-bond acceptors (Lipinski definition) is 3. The first-order chi connectivity index (χ1) is 7.38. The third-order valence-electron chi connectivity index (χ3n) is 2.00. The highest BCUT2D eigenvalue weighted by Gasteiger charge is 2.38. The summed E-state index contributed by atoms with van der Waals surface area (Å²) in [5.41, 5.74) is 5.31. The maximum absolute atomic E-state index is 11.8. The molecule has 0 spiro atoms. The number of halogens is 3. The van der Waals surface area contributed by atoms with Gasteiger partial charge in [-0.05, 0) is 39.5 Å². The smallest absolute Gasteiger partial charge is 0.348 e. The van der Waals surface area contributed by atoms with Crippen molar-refractivity contribution in [3.8, 4) is 0 Å². The number of nitrogens with one attached hydrogen (secondary N) is 1. The molecule has 0 aromatic heterocycles. The molecule has 0 aliphatic rings. The van der Waals surface area contributed by atoms with E-state index in [1.165, 1.54) is 0 Å². The van der Waals surface area contributed by atoms with Crippen molar-refractivity contribution >= 4 is 5.91 Å². The number of nitrogens with zero attached hydrogens (tertiary/aromatic N) is 1. The second-order valence-electron chi connectivity index (χ2n) is 3.55. The molecule has 0 radical (unpaired) electrons. The van der Waals surface area contributed by atoms with Crippen molar-refractivity contribution < 1.29 is 18.0 Å². The fraction of sp³-hybridized carbons (Fsp3) is 0.889. The van der Waals surface area contributed by atoms with Gasteiger partial charge in [0.05, 0.1) is 0 Å². The van der Waals surface area contributed by atoms with Gasteiger partial charge in [0, 0.05) is 6.54 Å². The van der Waals surface area contributed by atoms with Gasteiger partial charge < -0.3 is 16.0 Å². The Morgan fingerprint density at radius 3 is 2.38 bits per heavy atom. The standard InChI is InChI=1S/C9H18F3N3O/c1-15(6-2-4-13)7-3-5-14-8(16)9(10,11)12/h2-7,13H2,1H3,(H,14,16). The monoisotopic (exact) mass is 241 g/mol. The van der Waals surface area contributed by atoms with Crippen LogP contribution in [0, 0.1) is 0 Å². The minimum atomic E-state index is -4.79. The molecule has 0 aliphatic carbocycles. The summed E-state index contributed by atoms with van der Waals surface area (Å²) in [6.45, 7) is 2.07. The van der Waals surface area contributed by atoms with Crippen molar-refractivity contribution in [2.75, 3.05) is 33.2 Å². The first-order valence-corrected chi connectivity index (χ1v) is 5.11. The zero-order valence-corrected chi connectivity index (χ0v) is 9.31. The number of carbonyl (C=O) groups is 1. The van der Waals surface area contributed by atoms with Gasteiger partial charge in [-0.25, -0.2) is 0 Å². The van der Waals surface area contributed by atoms with E-state index in [0.29, 0.717) is 19.5 Å². The Kier molecular flexibility index (Phi) is 7.07. The lowest BCUT2D eigenvalue weighted by Crippen LogP contribution is -2.38. The maximum atomic E-state index is 11.8. The van der Waals surface area contributed by atoms with Crippen LogP contribution in [0.3, 0.4) is 0 Å².